The maximum atomic E-state index is 11.9. The van der Waals surface area contributed by atoms with Crippen LogP contribution >= 0.6 is 27.5 Å². The van der Waals surface area contributed by atoms with Gasteiger partial charge in [0.15, 0.2) is 5.70 Å². The molecule has 3 rings (SSSR count). The number of carbonyl (C=O) groups is 1. The van der Waals surface area contributed by atoms with Gasteiger partial charge in [-0.2, -0.15) is 0 Å². The minimum Gasteiger partial charge on any atom is -0.402 e. The number of carbonyl (C=O) groups excluding carboxylic acids is 1. The zero-order valence-electron chi connectivity index (χ0n) is 11.9. The van der Waals surface area contributed by atoms with Gasteiger partial charge in [-0.15, -0.1) is 0 Å². The molecule has 1 aliphatic rings. The SMILES string of the molecule is O=C1OC(c2ccc(Cl)cc2)=N/C1=C/c1ccc(Br)c([N+](=O)[O-])c1. The monoisotopic (exact) mass is 406 g/mol. The van der Waals surface area contributed by atoms with Crippen molar-refractivity contribution in [1.82, 2.24) is 0 Å². The molecule has 1 heterocycles. The van der Waals surface area contributed by atoms with Crippen molar-refractivity contribution in [2.45, 2.75) is 0 Å². The summed E-state index contributed by atoms with van der Waals surface area (Å²) in [6, 6.07) is 11.2. The van der Waals surface area contributed by atoms with Gasteiger partial charge < -0.3 is 4.74 Å². The van der Waals surface area contributed by atoms with E-state index in [0.717, 1.165) is 0 Å². The standard InChI is InChI=1S/C16H8BrClN2O4/c17-12-6-1-9(8-14(12)20(22)23)7-13-16(21)24-15(19-13)10-2-4-11(18)5-3-10/h1-8H/b13-7+. The van der Waals surface area contributed by atoms with Crippen LogP contribution in [0.25, 0.3) is 6.08 Å². The average Bonchev–Trinajstić information content (AvgIpc) is 2.90. The summed E-state index contributed by atoms with van der Waals surface area (Å²) in [5, 5.41) is 11.5. The Hall–Kier alpha value is -2.51. The molecule has 0 unspecified atom stereocenters. The van der Waals surface area contributed by atoms with Crippen molar-refractivity contribution in [3.8, 4) is 0 Å². The van der Waals surface area contributed by atoms with E-state index >= 15 is 0 Å². The third kappa shape index (κ3) is 3.37. The van der Waals surface area contributed by atoms with E-state index in [2.05, 4.69) is 20.9 Å². The minimum absolute atomic E-state index is 0.0663. The number of halogens is 2. The van der Waals surface area contributed by atoms with Crippen LogP contribution in [0.3, 0.4) is 0 Å². The molecule has 24 heavy (non-hydrogen) atoms. The van der Waals surface area contributed by atoms with Crippen LogP contribution in [0.1, 0.15) is 11.1 Å². The average molecular weight is 408 g/mol. The number of aliphatic imine (C=N–C) groups is 1. The summed E-state index contributed by atoms with van der Waals surface area (Å²) in [5.41, 5.74) is 1.05. The largest absolute Gasteiger partial charge is 0.402 e. The molecule has 0 aliphatic carbocycles. The first-order chi connectivity index (χ1) is 11.4. The number of hydrogen-bond donors (Lipinski definition) is 0. The Morgan fingerprint density at radius 3 is 2.58 bits per heavy atom. The number of nitrogens with zero attached hydrogens (tertiary/aromatic N) is 2. The van der Waals surface area contributed by atoms with Crippen LogP contribution in [0.2, 0.25) is 5.02 Å². The molecule has 2 aromatic rings. The van der Waals surface area contributed by atoms with Gasteiger partial charge in [-0.05, 0) is 57.9 Å². The van der Waals surface area contributed by atoms with Crippen molar-refractivity contribution in [3.05, 3.63) is 78.9 Å². The Morgan fingerprint density at radius 2 is 1.92 bits per heavy atom. The summed E-state index contributed by atoms with van der Waals surface area (Å²) < 4.78 is 5.49. The summed E-state index contributed by atoms with van der Waals surface area (Å²) in [6.07, 6.45) is 1.44. The van der Waals surface area contributed by atoms with E-state index in [1.165, 1.54) is 18.2 Å². The first-order valence-corrected chi connectivity index (χ1v) is 7.83. The van der Waals surface area contributed by atoms with Gasteiger partial charge >= 0.3 is 5.97 Å². The molecule has 0 fully saturated rings. The Kier molecular flexibility index (Phi) is 4.46. The lowest BCUT2D eigenvalue weighted by Gasteiger charge is -1.98. The van der Waals surface area contributed by atoms with Gasteiger partial charge in [0.2, 0.25) is 5.90 Å². The predicted molar refractivity (Wildman–Crippen MR) is 92.9 cm³/mol. The fourth-order valence-electron chi connectivity index (χ4n) is 2.04. The van der Waals surface area contributed by atoms with Gasteiger partial charge in [0.25, 0.3) is 5.69 Å². The van der Waals surface area contributed by atoms with E-state index in [1.807, 2.05) is 0 Å². The van der Waals surface area contributed by atoms with Crippen molar-refractivity contribution in [2.75, 3.05) is 0 Å². The van der Waals surface area contributed by atoms with Gasteiger partial charge in [-0.3, -0.25) is 10.1 Å². The van der Waals surface area contributed by atoms with E-state index in [1.54, 1.807) is 30.3 Å². The van der Waals surface area contributed by atoms with Crippen LogP contribution in [-0.4, -0.2) is 16.8 Å². The van der Waals surface area contributed by atoms with Crippen molar-refractivity contribution in [2.24, 2.45) is 4.99 Å². The number of benzene rings is 2. The normalized spacial score (nSPS) is 15.3. The summed E-state index contributed by atoms with van der Waals surface area (Å²) in [6.45, 7) is 0. The summed E-state index contributed by atoms with van der Waals surface area (Å²) in [5.74, 6) is -0.458. The van der Waals surface area contributed by atoms with E-state index in [0.29, 0.717) is 20.6 Å². The number of nitro benzene ring substituents is 1. The van der Waals surface area contributed by atoms with E-state index in [4.69, 9.17) is 16.3 Å². The van der Waals surface area contributed by atoms with Gasteiger partial charge in [0, 0.05) is 16.7 Å². The molecule has 0 N–H and O–H groups in total. The molecule has 0 aromatic heterocycles. The lowest BCUT2D eigenvalue weighted by Crippen LogP contribution is -2.05. The van der Waals surface area contributed by atoms with E-state index in [-0.39, 0.29) is 17.3 Å². The second-order valence-electron chi connectivity index (χ2n) is 4.81. The van der Waals surface area contributed by atoms with Crippen molar-refractivity contribution in [1.29, 1.82) is 0 Å². The smallest absolute Gasteiger partial charge is 0.363 e. The quantitative estimate of drug-likeness (QED) is 0.328. The molecule has 0 spiro atoms. The zero-order chi connectivity index (χ0) is 17.3. The van der Waals surface area contributed by atoms with Gasteiger partial charge in [0.05, 0.1) is 9.40 Å². The number of hydrogen-bond acceptors (Lipinski definition) is 5. The predicted octanol–water partition coefficient (Wildman–Crippen LogP) is 4.36. The van der Waals surface area contributed by atoms with Crippen LogP contribution in [0.4, 0.5) is 5.69 Å². The van der Waals surface area contributed by atoms with Crippen molar-refractivity contribution >= 4 is 51.2 Å². The van der Waals surface area contributed by atoms with Gasteiger partial charge in [-0.25, -0.2) is 9.79 Å². The van der Waals surface area contributed by atoms with E-state index < -0.39 is 10.9 Å². The highest BCUT2D eigenvalue weighted by Gasteiger charge is 2.24. The molecule has 120 valence electrons. The highest BCUT2D eigenvalue weighted by molar-refractivity contribution is 9.10. The molecule has 0 saturated carbocycles. The summed E-state index contributed by atoms with van der Waals surface area (Å²) in [7, 11) is 0. The molecule has 0 amide bonds. The number of rotatable bonds is 3. The molecule has 2 aromatic carbocycles. The van der Waals surface area contributed by atoms with Crippen LogP contribution in [0.5, 0.6) is 0 Å². The number of esters is 1. The fourth-order valence-corrected chi connectivity index (χ4v) is 2.56. The Morgan fingerprint density at radius 1 is 1.21 bits per heavy atom. The molecule has 0 bridgehead atoms. The number of nitro groups is 1. The second-order valence-corrected chi connectivity index (χ2v) is 6.10. The third-order valence-electron chi connectivity index (χ3n) is 3.18. The number of ether oxygens (including phenoxy) is 1. The Bertz CT molecular complexity index is 907. The fraction of sp³-hybridized carbons (Fsp3) is 0. The number of cyclic esters (lactones) is 1. The topological polar surface area (TPSA) is 81.8 Å². The molecular weight excluding hydrogens is 400 g/mol. The van der Waals surface area contributed by atoms with E-state index in [9.17, 15) is 14.9 Å². The van der Waals surface area contributed by atoms with Crippen LogP contribution in [-0.2, 0) is 9.53 Å². The maximum absolute atomic E-state index is 11.9. The minimum atomic E-state index is -0.620. The maximum Gasteiger partial charge on any atom is 0.363 e. The van der Waals surface area contributed by atoms with Crippen LogP contribution < -0.4 is 0 Å². The van der Waals surface area contributed by atoms with Gasteiger partial charge in [0.1, 0.15) is 0 Å². The van der Waals surface area contributed by atoms with Crippen LogP contribution in [0, 0.1) is 10.1 Å². The highest BCUT2D eigenvalue weighted by Crippen LogP contribution is 2.27. The lowest BCUT2D eigenvalue weighted by atomic mass is 10.1. The van der Waals surface area contributed by atoms with Gasteiger partial charge in [-0.1, -0.05) is 17.7 Å². The molecular formula is C16H8BrClN2O4. The summed E-state index contributed by atoms with van der Waals surface area (Å²) in [4.78, 5) is 26.5. The molecule has 6 nitrogen and oxygen atoms in total. The molecule has 8 heteroatoms. The molecule has 0 saturated heterocycles. The highest BCUT2D eigenvalue weighted by atomic mass is 79.9. The molecule has 0 radical (unpaired) electrons. The first kappa shape index (κ1) is 16.4. The second kappa shape index (κ2) is 6.54. The molecule has 0 atom stereocenters. The zero-order valence-corrected chi connectivity index (χ0v) is 14.2. The first-order valence-electron chi connectivity index (χ1n) is 6.66. The Balaban J connectivity index is 1.95. The third-order valence-corrected chi connectivity index (χ3v) is 4.10. The lowest BCUT2D eigenvalue weighted by molar-refractivity contribution is -0.385. The molecule has 1 aliphatic heterocycles. The van der Waals surface area contributed by atoms with Crippen molar-refractivity contribution in [3.63, 3.8) is 0 Å². The summed E-state index contributed by atoms with van der Waals surface area (Å²) >= 11 is 8.93. The van der Waals surface area contributed by atoms with Crippen LogP contribution in [0.15, 0.2) is 57.6 Å². The van der Waals surface area contributed by atoms with Crippen molar-refractivity contribution < 1.29 is 14.5 Å². The Labute approximate surface area is 149 Å².